The van der Waals surface area contributed by atoms with Gasteiger partial charge in [0.05, 0.1) is 29.7 Å². The number of fused-ring (bicyclic) bond motifs is 1. The van der Waals surface area contributed by atoms with Crippen LogP contribution >= 0.6 is 11.3 Å². The molecule has 0 fully saturated rings. The van der Waals surface area contributed by atoms with Gasteiger partial charge >= 0.3 is 11.9 Å². The quantitative estimate of drug-likeness (QED) is 0.464. The molecule has 0 radical (unpaired) electrons. The zero-order valence-electron chi connectivity index (χ0n) is 18.3. The second kappa shape index (κ2) is 10.3. The van der Waals surface area contributed by atoms with Crippen molar-refractivity contribution in [3.05, 3.63) is 70.0 Å². The van der Waals surface area contributed by atoms with E-state index < -0.39 is 30.4 Å². The predicted octanol–water partition coefficient (Wildman–Crippen LogP) is 4.05. The van der Waals surface area contributed by atoms with E-state index in [1.54, 1.807) is 25.1 Å². The number of amides is 2. The zero-order chi connectivity index (χ0) is 24.1. The number of esters is 2. The van der Waals surface area contributed by atoms with Gasteiger partial charge in [-0.05, 0) is 56.0 Å². The molecule has 0 saturated heterocycles. The van der Waals surface area contributed by atoms with Crippen LogP contribution < -0.4 is 10.6 Å². The fraction of sp³-hybridized carbons (Fsp3) is 0.250. The minimum absolute atomic E-state index is 0.0810. The van der Waals surface area contributed by atoms with Crippen molar-refractivity contribution in [2.24, 2.45) is 0 Å². The molecular weight excluding hydrogens is 460 g/mol. The fourth-order valence-corrected chi connectivity index (χ4v) is 4.94. The first-order chi connectivity index (χ1) is 16.5. The molecule has 176 valence electrons. The van der Waals surface area contributed by atoms with Crippen molar-refractivity contribution in [3.8, 4) is 0 Å². The largest absolute Gasteiger partial charge is 0.462 e. The van der Waals surface area contributed by atoms with Gasteiger partial charge in [0, 0.05) is 4.88 Å². The van der Waals surface area contributed by atoms with E-state index in [4.69, 9.17) is 13.9 Å². The number of carbonyl (C=O) groups is 4. The number of benzene rings is 1. The van der Waals surface area contributed by atoms with Gasteiger partial charge < -0.3 is 24.5 Å². The molecule has 2 N–H and O–H groups in total. The maximum atomic E-state index is 12.6. The standard InChI is InChI=1S/C24H22N2O7S/c1-2-31-24(30)20-15-8-5-11-18(15)34-22(20)26-19(27)13-33-23(29)14-7-3-4-9-16(14)25-21(28)17-10-6-12-32-17/h3-4,6-7,9-10,12H,2,5,8,11,13H2,1H3,(H,25,28)(H,26,27). The summed E-state index contributed by atoms with van der Waals surface area (Å²) in [5.74, 6) is -2.29. The van der Waals surface area contributed by atoms with E-state index in [0.29, 0.717) is 10.6 Å². The maximum Gasteiger partial charge on any atom is 0.341 e. The fourth-order valence-electron chi connectivity index (χ4n) is 3.64. The molecule has 9 nitrogen and oxygen atoms in total. The third-order valence-corrected chi connectivity index (χ3v) is 6.34. The number of ether oxygens (including phenoxy) is 2. The Balaban J connectivity index is 1.41. The van der Waals surface area contributed by atoms with Gasteiger partial charge in [0.25, 0.3) is 11.8 Å². The number of para-hydroxylation sites is 1. The molecule has 2 heterocycles. The molecule has 1 aliphatic carbocycles. The number of carbonyl (C=O) groups excluding carboxylic acids is 4. The number of hydrogen-bond acceptors (Lipinski definition) is 8. The van der Waals surface area contributed by atoms with Gasteiger partial charge in [-0.15, -0.1) is 11.3 Å². The van der Waals surface area contributed by atoms with Crippen LogP contribution in [0.3, 0.4) is 0 Å². The van der Waals surface area contributed by atoms with Gasteiger partial charge in [0.1, 0.15) is 5.00 Å². The van der Waals surface area contributed by atoms with E-state index in [1.807, 2.05) is 0 Å². The van der Waals surface area contributed by atoms with Crippen LogP contribution in [0.15, 0.2) is 47.1 Å². The van der Waals surface area contributed by atoms with E-state index in [2.05, 4.69) is 10.6 Å². The molecule has 10 heteroatoms. The van der Waals surface area contributed by atoms with Crippen molar-refractivity contribution in [1.29, 1.82) is 0 Å². The lowest BCUT2D eigenvalue weighted by atomic mass is 10.1. The molecule has 0 aliphatic heterocycles. The van der Waals surface area contributed by atoms with E-state index in [1.165, 1.54) is 35.8 Å². The lowest BCUT2D eigenvalue weighted by Gasteiger charge is -2.11. The van der Waals surface area contributed by atoms with Crippen LogP contribution in [0.2, 0.25) is 0 Å². The number of nitrogens with one attached hydrogen (secondary N) is 2. The first kappa shape index (κ1) is 23.2. The van der Waals surface area contributed by atoms with Crippen LogP contribution in [-0.2, 0) is 27.1 Å². The lowest BCUT2D eigenvalue weighted by Crippen LogP contribution is -2.22. The summed E-state index contributed by atoms with van der Waals surface area (Å²) in [5.41, 5.74) is 1.59. The molecule has 4 rings (SSSR count). The topological polar surface area (TPSA) is 124 Å². The van der Waals surface area contributed by atoms with Crippen LogP contribution in [-0.4, -0.2) is 37.0 Å². The first-order valence-electron chi connectivity index (χ1n) is 10.7. The van der Waals surface area contributed by atoms with Crippen LogP contribution in [0.4, 0.5) is 10.7 Å². The van der Waals surface area contributed by atoms with Gasteiger partial charge in [-0.3, -0.25) is 9.59 Å². The Bertz CT molecular complexity index is 1230. The Morgan fingerprint density at radius 2 is 1.82 bits per heavy atom. The molecule has 2 amide bonds. The highest BCUT2D eigenvalue weighted by Crippen LogP contribution is 2.39. The Kier molecular flexibility index (Phi) is 7.07. The van der Waals surface area contributed by atoms with Crippen molar-refractivity contribution in [2.75, 3.05) is 23.8 Å². The summed E-state index contributed by atoms with van der Waals surface area (Å²) in [6.45, 7) is 1.38. The van der Waals surface area contributed by atoms with Gasteiger partial charge in [0.2, 0.25) is 0 Å². The third-order valence-electron chi connectivity index (χ3n) is 5.13. The summed E-state index contributed by atoms with van der Waals surface area (Å²) in [7, 11) is 0. The van der Waals surface area contributed by atoms with E-state index in [9.17, 15) is 19.2 Å². The van der Waals surface area contributed by atoms with E-state index in [-0.39, 0.29) is 23.6 Å². The number of aryl methyl sites for hydroxylation is 1. The van der Waals surface area contributed by atoms with Crippen molar-refractivity contribution < 1.29 is 33.1 Å². The zero-order valence-corrected chi connectivity index (χ0v) is 19.2. The summed E-state index contributed by atoms with van der Waals surface area (Å²) < 4.78 is 15.4. The van der Waals surface area contributed by atoms with Gasteiger partial charge in [-0.1, -0.05) is 12.1 Å². The van der Waals surface area contributed by atoms with Crippen LogP contribution in [0.1, 0.15) is 55.1 Å². The highest BCUT2D eigenvalue weighted by molar-refractivity contribution is 7.17. The Labute approximate surface area is 199 Å². The highest BCUT2D eigenvalue weighted by atomic mass is 32.1. The SMILES string of the molecule is CCOC(=O)c1c(NC(=O)COC(=O)c2ccccc2NC(=O)c2ccco2)sc2c1CCC2. The average molecular weight is 483 g/mol. The van der Waals surface area contributed by atoms with Crippen molar-refractivity contribution in [1.82, 2.24) is 0 Å². The van der Waals surface area contributed by atoms with Crippen molar-refractivity contribution in [2.45, 2.75) is 26.2 Å². The van der Waals surface area contributed by atoms with E-state index >= 15 is 0 Å². The Hall–Kier alpha value is -3.92. The number of furan rings is 1. The number of rotatable bonds is 8. The number of hydrogen-bond donors (Lipinski definition) is 2. The monoisotopic (exact) mass is 482 g/mol. The molecule has 0 atom stereocenters. The van der Waals surface area contributed by atoms with E-state index in [0.717, 1.165) is 29.7 Å². The molecule has 0 saturated carbocycles. The maximum absolute atomic E-state index is 12.6. The van der Waals surface area contributed by atoms with Crippen LogP contribution in [0, 0.1) is 0 Å². The third kappa shape index (κ3) is 5.01. The van der Waals surface area contributed by atoms with Crippen LogP contribution in [0.25, 0.3) is 0 Å². The number of anilines is 2. The van der Waals surface area contributed by atoms with Crippen molar-refractivity contribution in [3.63, 3.8) is 0 Å². The summed E-state index contributed by atoms with van der Waals surface area (Å²) in [6, 6.07) is 9.33. The minimum atomic E-state index is -0.787. The summed E-state index contributed by atoms with van der Waals surface area (Å²) in [4.78, 5) is 50.9. The average Bonchev–Trinajstić information content (AvgIpc) is 3.56. The molecule has 1 aromatic carbocycles. The lowest BCUT2D eigenvalue weighted by molar-refractivity contribution is -0.119. The summed E-state index contributed by atoms with van der Waals surface area (Å²) in [6.07, 6.45) is 3.92. The Morgan fingerprint density at radius 3 is 2.59 bits per heavy atom. The predicted molar refractivity (Wildman–Crippen MR) is 124 cm³/mol. The molecule has 0 bridgehead atoms. The van der Waals surface area contributed by atoms with Crippen LogP contribution in [0.5, 0.6) is 0 Å². The molecular formula is C24H22N2O7S. The minimum Gasteiger partial charge on any atom is -0.462 e. The molecule has 1 aliphatic rings. The van der Waals surface area contributed by atoms with Gasteiger partial charge in [-0.25, -0.2) is 9.59 Å². The molecule has 0 spiro atoms. The molecule has 0 unspecified atom stereocenters. The Morgan fingerprint density at radius 1 is 1.00 bits per heavy atom. The van der Waals surface area contributed by atoms with Crippen molar-refractivity contribution >= 4 is 45.8 Å². The number of thiophene rings is 1. The molecule has 34 heavy (non-hydrogen) atoms. The molecule has 3 aromatic rings. The first-order valence-corrected chi connectivity index (χ1v) is 11.5. The second-order valence-corrected chi connectivity index (χ2v) is 8.49. The van der Waals surface area contributed by atoms with Gasteiger partial charge in [0.15, 0.2) is 12.4 Å². The second-order valence-electron chi connectivity index (χ2n) is 7.38. The highest BCUT2D eigenvalue weighted by Gasteiger charge is 2.28. The summed E-state index contributed by atoms with van der Waals surface area (Å²) >= 11 is 1.34. The molecule has 2 aromatic heterocycles. The normalized spacial score (nSPS) is 12.0. The smallest absolute Gasteiger partial charge is 0.341 e. The summed E-state index contributed by atoms with van der Waals surface area (Å²) in [5, 5.41) is 5.66. The van der Waals surface area contributed by atoms with Gasteiger partial charge in [-0.2, -0.15) is 0 Å².